The first kappa shape index (κ1) is 22.7. The maximum Gasteiger partial charge on any atom is 0.251 e. The molecule has 0 saturated heterocycles. The third kappa shape index (κ3) is 5.08. The van der Waals surface area contributed by atoms with Crippen molar-refractivity contribution in [2.45, 2.75) is 26.6 Å². The maximum absolute atomic E-state index is 13.0. The van der Waals surface area contributed by atoms with Gasteiger partial charge in [0.2, 0.25) is 0 Å². The van der Waals surface area contributed by atoms with Crippen molar-refractivity contribution in [3.05, 3.63) is 108 Å². The summed E-state index contributed by atoms with van der Waals surface area (Å²) in [6, 6.07) is 22.5. The van der Waals surface area contributed by atoms with Gasteiger partial charge < -0.3 is 9.88 Å². The highest BCUT2D eigenvalue weighted by molar-refractivity contribution is 6.10. The van der Waals surface area contributed by atoms with E-state index in [0.717, 1.165) is 37.1 Å². The summed E-state index contributed by atoms with van der Waals surface area (Å²) in [6.07, 6.45) is 7.25. The Bertz CT molecular complexity index is 1390. The van der Waals surface area contributed by atoms with Gasteiger partial charge in [-0.3, -0.25) is 19.7 Å². The standard InChI is InChI=1S/C29H29N5O/c1-2-34-27-6-4-3-5-25(27)26-19-24(7-8-28(26)34)29(35)32-17-18-33(20-22-9-13-30-14-10-22)21-23-11-15-31-16-12-23/h3-16,19H,2,17-18,20-21H2,1H3,(H,32,35). The molecule has 35 heavy (non-hydrogen) atoms. The molecule has 0 fully saturated rings. The number of pyridine rings is 2. The fraction of sp³-hybridized carbons (Fsp3) is 0.207. The van der Waals surface area contributed by atoms with Crippen LogP contribution in [0.3, 0.4) is 0 Å². The molecule has 0 aliphatic heterocycles. The van der Waals surface area contributed by atoms with Crippen molar-refractivity contribution >= 4 is 27.7 Å². The van der Waals surface area contributed by atoms with Gasteiger partial charge in [0.25, 0.3) is 5.91 Å². The third-order valence-corrected chi connectivity index (χ3v) is 6.38. The number of fused-ring (bicyclic) bond motifs is 3. The van der Waals surface area contributed by atoms with E-state index in [4.69, 9.17) is 0 Å². The molecule has 3 heterocycles. The van der Waals surface area contributed by atoms with Crippen LogP contribution in [-0.2, 0) is 19.6 Å². The lowest BCUT2D eigenvalue weighted by molar-refractivity contribution is 0.0947. The number of para-hydroxylation sites is 1. The molecule has 1 amide bonds. The highest BCUT2D eigenvalue weighted by atomic mass is 16.1. The fourth-order valence-corrected chi connectivity index (χ4v) is 4.67. The number of hydrogen-bond donors (Lipinski definition) is 1. The number of rotatable bonds is 9. The summed E-state index contributed by atoms with van der Waals surface area (Å²) >= 11 is 0. The van der Waals surface area contributed by atoms with Crippen LogP contribution in [0.25, 0.3) is 21.8 Å². The van der Waals surface area contributed by atoms with Crippen molar-refractivity contribution in [3.63, 3.8) is 0 Å². The largest absolute Gasteiger partial charge is 0.351 e. The molecular formula is C29H29N5O. The monoisotopic (exact) mass is 463 g/mol. The van der Waals surface area contributed by atoms with E-state index in [0.29, 0.717) is 12.1 Å². The van der Waals surface area contributed by atoms with Crippen LogP contribution < -0.4 is 5.32 Å². The molecule has 5 aromatic rings. The van der Waals surface area contributed by atoms with Gasteiger partial charge in [-0.05, 0) is 66.6 Å². The minimum atomic E-state index is -0.0481. The fourth-order valence-electron chi connectivity index (χ4n) is 4.67. The van der Waals surface area contributed by atoms with Crippen LogP contribution in [0, 0.1) is 0 Å². The summed E-state index contributed by atoms with van der Waals surface area (Å²) in [5.74, 6) is -0.0481. The van der Waals surface area contributed by atoms with Crippen molar-refractivity contribution in [1.29, 1.82) is 0 Å². The average Bonchev–Trinajstić information content (AvgIpc) is 3.22. The third-order valence-electron chi connectivity index (χ3n) is 6.38. The topological polar surface area (TPSA) is 63.1 Å². The Hall–Kier alpha value is -4.03. The van der Waals surface area contributed by atoms with Gasteiger partial charge >= 0.3 is 0 Å². The second-order valence-corrected chi connectivity index (χ2v) is 8.67. The molecule has 0 radical (unpaired) electrons. The van der Waals surface area contributed by atoms with Crippen molar-refractivity contribution < 1.29 is 4.79 Å². The predicted molar refractivity (Wildman–Crippen MR) is 140 cm³/mol. The summed E-state index contributed by atoms with van der Waals surface area (Å²) in [5, 5.41) is 5.42. The van der Waals surface area contributed by atoms with E-state index in [2.05, 4.69) is 62.0 Å². The predicted octanol–water partition coefficient (Wildman–Crippen LogP) is 5.04. The van der Waals surface area contributed by atoms with Gasteiger partial charge in [0.05, 0.1) is 0 Å². The molecule has 2 aromatic carbocycles. The second kappa shape index (κ2) is 10.5. The Morgan fingerprint density at radius 2 is 1.46 bits per heavy atom. The lowest BCUT2D eigenvalue weighted by atomic mass is 10.1. The number of aromatic nitrogens is 3. The summed E-state index contributed by atoms with van der Waals surface area (Å²) < 4.78 is 2.29. The zero-order valence-electron chi connectivity index (χ0n) is 19.9. The Morgan fingerprint density at radius 1 is 0.829 bits per heavy atom. The van der Waals surface area contributed by atoms with Crippen LogP contribution in [0.2, 0.25) is 0 Å². The molecule has 176 valence electrons. The van der Waals surface area contributed by atoms with E-state index in [9.17, 15) is 4.79 Å². The van der Waals surface area contributed by atoms with Crippen molar-refractivity contribution in [2.75, 3.05) is 13.1 Å². The molecule has 0 spiro atoms. The molecule has 0 bridgehead atoms. The van der Waals surface area contributed by atoms with E-state index in [1.807, 2.05) is 61.2 Å². The number of aryl methyl sites for hydroxylation is 1. The Balaban J connectivity index is 1.29. The molecule has 5 rings (SSSR count). The molecule has 6 nitrogen and oxygen atoms in total. The summed E-state index contributed by atoms with van der Waals surface area (Å²) in [4.78, 5) is 23.6. The van der Waals surface area contributed by atoms with E-state index >= 15 is 0 Å². The van der Waals surface area contributed by atoms with Crippen LogP contribution in [0.1, 0.15) is 28.4 Å². The first-order chi connectivity index (χ1) is 17.2. The van der Waals surface area contributed by atoms with E-state index in [-0.39, 0.29) is 5.91 Å². The van der Waals surface area contributed by atoms with Gasteiger partial charge in [-0.15, -0.1) is 0 Å². The number of amides is 1. The van der Waals surface area contributed by atoms with Gasteiger partial charge in [0, 0.05) is 84.9 Å². The second-order valence-electron chi connectivity index (χ2n) is 8.67. The highest BCUT2D eigenvalue weighted by Gasteiger charge is 2.13. The molecule has 0 atom stereocenters. The molecule has 3 aromatic heterocycles. The number of carbonyl (C=O) groups excluding carboxylic acids is 1. The average molecular weight is 464 g/mol. The van der Waals surface area contributed by atoms with Crippen LogP contribution >= 0.6 is 0 Å². The van der Waals surface area contributed by atoms with Crippen LogP contribution in [0.4, 0.5) is 0 Å². The number of nitrogens with one attached hydrogen (secondary N) is 1. The van der Waals surface area contributed by atoms with E-state index in [1.165, 1.54) is 22.0 Å². The maximum atomic E-state index is 13.0. The number of nitrogens with zero attached hydrogens (tertiary/aromatic N) is 4. The van der Waals surface area contributed by atoms with Gasteiger partial charge in [-0.25, -0.2) is 0 Å². The summed E-state index contributed by atoms with van der Waals surface area (Å²) in [7, 11) is 0. The smallest absolute Gasteiger partial charge is 0.251 e. The molecule has 6 heteroatoms. The van der Waals surface area contributed by atoms with Gasteiger partial charge in [0.15, 0.2) is 0 Å². The van der Waals surface area contributed by atoms with E-state index < -0.39 is 0 Å². The minimum absolute atomic E-state index is 0.0481. The Labute approximate surface area is 205 Å². The summed E-state index contributed by atoms with van der Waals surface area (Å²) in [5.41, 5.74) is 5.43. The van der Waals surface area contributed by atoms with Crippen LogP contribution in [-0.4, -0.2) is 38.4 Å². The van der Waals surface area contributed by atoms with Crippen molar-refractivity contribution in [1.82, 2.24) is 24.8 Å². The van der Waals surface area contributed by atoms with E-state index in [1.54, 1.807) is 0 Å². The van der Waals surface area contributed by atoms with Crippen molar-refractivity contribution in [3.8, 4) is 0 Å². The first-order valence-electron chi connectivity index (χ1n) is 12.0. The number of benzene rings is 2. The number of hydrogen-bond acceptors (Lipinski definition) is 4. The van der Waals surface area contributed by atoms with Gasteiger partial charge in [-0.2, -0.15) is 0 Å². The zero-order valence-corrected chi connectivity index (χ0v) is 19.9. The minimum Gasteiger partial charge on any atom is -0.351 e. The van der Waals surface area contributed by atoms with Crippen LogP contribution in [0.5, 0.6) is 0 Å². The van der Waals surface area contributed by atoms with Crippen LogP contribution in [0.15, 0.2) is 91.5 Å². The molecule has 0 aliphatic rings. The highest BCUT2D eigenvalue weighted by Crippen LogP contribution is 2.29. The normalized spacial score (nSPS) is 11.4. The Kier molecular flexibility index (Phi) is 6.82. The first-order valence-corrected chi connectivity index (χ1v) is 12.0. The Morgan fingerprint density at radius 3 is 2.11 bits per heavy atom. The molecule has 0 unspecified atom stereocenters. The molecule has 0 saturated carbocycles. The van der Waals surface area contributed by atoms with Gasteiger partial charge in [0.1, 0.15) is 0 Å². The quantitative estimate of drug-likeness (QED) is 0.333. The van der Waals surface area contributed by atoms with Gasteiger partial charge in [-0.1, -0.05) is 18.2 Å². The molecular weight excluding hydrogens is 434 g/mol. The SMILES string of the molecule is CCn1c2ccccc2c2cc(C(=O)NCCN(Cc3ccncc3)Cc3ccncc3)ccc21. The lowest BCUT2D eigenvalue weighted by Gasteiger charge is -2.22. The summed E-state index contributed by atoms with van der Waals surface area (Å²) in [6.45, 7) is 5.89. The molecule has 1 N–H and O–H groups in total. The zero-order chi connectivity index (χ0) is 24.0. The number of carbonyl (C=O) groups is 1. The van der Waals surface area contributed by atoms with Crippen molar-refractivity contribution in [2.24, 2.45) is 0 Å². The molecule has 0 aliphatic carbocycles. The lowest BCUT2D eigenvalue weighted by Crippen LogP contribution is -2.34.